The van der Waals surface area contributed by atoms with Crippen LogP contribution in [-0.2, 0) is 0 Å². The van der Waals surface area contributed by atoms with Gasteiger partial charge in [0.1, 0.15) is 0 Å². The molecule has 5 nitrogen and oxygen atoms in total. The highest BCUT2D eigenvalue weighted by Gasteiger charge is 2.28. The normalized spacial score (nSPS) is 12.5. The molecule has 0 aliphatic heterocycles. The number of nitrogens with zero attached hydrogens (tertiary/aromatic N) is 3. The van der Waals surface area contributed by atoms with Gasteiger partial charge in [-0.15, -0.1) is 0 Å². The lowest BCUT2D eigenvalue weighted by molar-refractivity contribution is -0.405. The highest BCUT2D eigenvalue weighted by Crippen LogP contribution is 2.21. The van der Waals surface area contributed by atoms with E-state index in [1.165, 1.54) is 9.80 Å². The largest absolute Gasteiger partial charge is 0.390 e. The lowest BCUT2D eigenvalue weighted by atomic mass is 10.3. The molecule has 0 radical (unpaired) electrons. The second-order valence-electron chi connectivity index (χ2n) is 3.61. The van der Waals surface area contributed by atoms with Crippen LogP contribution in [0.25, 0.3) is 0 Å². The van der Waals surface area contributed by atoms with Gasteiger partial charge in [-0.05, 0) is 6.92 Å². The quantitative estimate of drug-likeness (QED) is 0.537. The molecule has 0 aromatic heterocycles. The predicted molar refractivity (Wildman–Crippen MR) is 56.7 cm³/mol. The molecule has 0 aromatic carbocycles. The van der Waals surface area contributed by atoms with E-state index in [1.807, 2.05) is 0 Å². The highest BCUT2D eigenvalue weighted by molar-refractivity contribution is 4.94. The van der Waals surface area contributed by atoms with Crippen molar-refractivity contribution < 1.29 is 18.1 Å². The van der Waals surface area contributed by atoms with Crippen molar-refractivity contribution in [2.75, 3.05) is 27.2 Å². The molecule has 0 heterocycles. The van der Waals surface area contributed by atoms with E-state index in [1.54, 1.807) is 21.0 Å². The first-order valence-corrected chi connectivity index (χ1v) is 5.01. The summed E-state index contributed by atoms with van der Waals surface area (Å²) in [5.41, 5.74) is 0. The molecule has 100 valence electrons. The summed E-state index contributed by atoms with van der Waals surface area (Å²) in [6.07, 6.45) is -4.55. The molecule has 0 fully saturated rings. The average Bonchev–Trinajstić information content (AvgIpc) is 2.14. The Kier molecular flexibility index (Phi) is 5.77. The topological polar surface area (TPSA) is 49.6 Å². The maximum absolute atomic E-state index is 12.1. The van der Waals surface area contributed by atoms with Crippen LogP contribution in [0.15, 0.2) is 12.0 Å². The Morgan fingerprint density at radius 3 is 2.24 bits per heavy atom. The van der Waals surface area contributed by atoms with Gasteiger partial charge in [0.05, 0.1) is 11.3 Å². The van der Waals surface area contributed by atoms with Crippen molar-refractivity contribution >= 4 is 0 Å². The van der Waals surface area contributed by atoms with Crippen molar-refractivity contribution in [3.8, 4) is 0 Å². The fraction of sp³-hybridized carbons (Fsp3) is 0.778. The zero-order valence-electron chi connectivity index (χ0n) is 9.99. The van der Waals surface area contributed by atoms with E-state index < -0.39 is 17.5 Å². The van der Waals surface area contributed by atoms with E-state index in [-0.39, 0.29) is 18.9 Å². The van der Waals surface area contributed by atoms with Crippen LogP contribution in [0.5, 0.6) is 0 Å². The summed E-state index contributed by atoms with van der Waals surface area (Å²) >= 11 is 0. The minimum absolute atomic E-state index is 0.154. The van der Waals surface area contributed by atoms with E-state index in [0.717, 1.165) is 0 Å². The van der Waals surface area contributed by atoms with Crippen LogP contribution in [0.2, 0.25) is 0 Å². The summed E-state index contributed by atoms with van der Waals surface area (Å²) in [4.78, 5) is 12.4. The van der Waals surface area contributed by atoms with E-state index in [4.69, 9.17) is 0 Å². The van der Waals surface area contributed by atoms with Crippen LogP contribution in [-0.4, -0.2) is 48.1 Å². The van der Waals surface area contributed by atoms with Gasteiger partial charge >= 0.3 is 6.18 Å². The summed E-state index contributed by atoms with van der Waals surface area (Å²) in [6.45, 7) is 1.62. The lowest BCUT2D eigenvalue weighted by Crippen LogP contribution is -2.34. The minimum atomic E-state index is -4.26. The fourth-order valence-electron chi connectivity index (χ4n) is 1.27. The highest BCUT2D eigenvalue weighted by atomic mass is 19.4. The molecule has 0 saturated heterocycles. The third-order valence-electron chi connectivity index (χ3n) is 2.05. The summed E-state index contributed by atoms with van der Waals surface area (Å²) in [5.74, 6) is 0.154. The van der Waals surface area contributed by atoms with E-state index >= 15 is 0 Å². The number of halogens is 3. The Morgan fingerprint density at radius 2 is 1.94 bits per heavy atom. The Labute approximate surface area is 97.6 Å². The van der Waals surface area contributed by atoms with Crippen LogP contribution in [0.3, 0.4) is 0 Å². The Bertz CT molecular complexity index is 290. The van der Waals surface area contributed by atoms with Gasteiger partial charge in [-0.25, -0.2) is 0 Å². The Balaban J connectivity index is 4.75. The minimum Gasteiger partial charge on any atom is -0.359 e. The van der Waals surface area contributed by atoms with Crippen molar-refractivity contribution in [3.63, 3.8) is 0 Å². The molecule has 0 N–H and O–H groups in total. The zero-order chi connectivity index (χ0) is 13.6. The second kappa shape index (κ2) is 6.31. The van der Waals surface area contributed by atoms with Gasteiger partial charge in [-0.3, -0.25) is 10.1 Å². The van der Waals surface area contributed by atoms with Crippen molar-refractivity contribution in [1.82, 2.24) is 9.80 Å². The number of alkyl halides is 3. The summed E-state index contributed by atoms with van der Waals surface area (Å²) in [5, 5.41) is 10.4. The maximum atomic E-state index is 12.1. The Morgan fingerprint density at radius 1 is 1.41 bits per heavy atom. The van der Waals surface area contributed by atoms with Gasteiger partial charge in [0.25, 0.3) is 6.20 Å². The van der Waals surface area contributed by atoms with Gasteiger partial charge in [-0.2, -0.15) is 13.2 Å². The van der Waals surface area contributed by atoms with E-state index in [9.17, 15) is 23.3 Å². The van der Waals surface area contributed by atoms with Crippen molar-refractivity contribution in [2.45, 2.75) is 19.5 Å². The molecule has 0 saturated carbocycles. The first-order valence-electron chi connectivity index (χ1n) is 5.01. The van der Waals surface area contributed by atoms with Crippen molar-refractivity contribution in [1.29, 1.82) is 0 Å². The molecule has 0 rings (SSSR count). The SMILES string of the molecule is CCN(CCC(F)(F)F)C(=C[N+](=O)[O-])N(C)C. The lowest BCUT2D eigenvalue weighted by Gasteiger charge is -2.29. The van der Waals surface area contributed by atoms with Crippen LogP contribution in [0.4, 0.5) is 13.2 Å². The van der Waals surface area contributed by atoms with E-state index in [0.29, 0.717) is 6.20 Å². The number of hydrogen-bond acceptors (Lipinski definition) is 4. The molecule has 17 heavy (non-hydrogen) atoms. The zero-order valence-corrected chi connectivity index (χ0v) is 9.99. The second-order valence-corrected chi connectivity index (χ2v) is 3.61. The standard InChI is InChI=1S/C9H16F3N3O2/c1-4-14(6-5-9(10,11)12)8(13(2)3)7-15(16)17/h7H,4-6H2,1-3H3. The van der Waals surface area contributed by atoms with Crippen LogP contribution in [0.1, 0.15) is 13.3 Å². The molecular formula is C9H16F3N3O2. The Hall–Kier alpha value is -1.47. The van der Waals surface area contributed by atoms with Crippen molar-refractivity contribution in [2.24, 2.45) is 0 Å². The monoisotopic (exact) mass is 255 g/mol. The van der Waals surface area contributed by atoms with Gasteiger partial charge < -0.3 is 9.80 Å². The number of nitro groups is 1. The summed E-state index contributed by atoms with van der Waals surface area (Å²) < 4.78 is 36.3. The smallest absolute Gasteiger partial charge is 0.359 e. The molecule has 0 amide bonds. The van der Waals surface area contributed by atoms with Gasteiger partial charge in [0.2, 0.25) is 0 Å². The number of rotatable bonds is 6. The fourth-order valence-corrected chi connectivity index (χ4v) is 1.27. The van der Waals surface area contributed by atoms with Crippen LogP contribution < -0.4 is 0 Å². The maximum Gasteiger partial charge on any atom is 0.390 e. The average molecular weight is 255 g/mol. The predicted octanol–water partition coefficient (Wildman–Crippen LogP) is 1.90. The molecule has 0 spiro atoms. The summed E-state index contributed by atoms with van der Waals surface area (Å²) in [6, 6.07) is 0. The van der Waals surface area contributed by atoms with Crippen LogP contribution >= 0.6 is 0 Å². The van der Waals surface area contributed by atoms with Gasteiger partial charge in [-0.1, -0.05) is 0 Å². The molecule has 0 aliphatic carbocycles. The molecule has 0 aliphatic rings. The summed E-state index contributed by atoms with van der Waals surface area (Å²) in [7, 11) is 3.09. The molecule has 0 unspecified atom stereocenters. The van der Waals surface area contributed by atoms with Crippen molar-refractivity contribution in [3.05, 3.63) is 22.1 Å². The first-order chi connectivity index (χ1) is 7.67. The van der Waals surface area contributed by atoms with Gasteiger partial charge in [0, 0.05) is 27.2 Å². The van der Waals surface area contributed by atoms with Gasteiger partial charge in [0.15, 0.2) is 5.82 Å². The third-order valence-corrected chi connectivity index (χ3v) is 2.05. The molecule has 0 aromatic rings. The van der Waals surface area contributed by atoms with E-state index in [2.05, 4.69) is 0 Å². The van der Waals surface area contributed by atoms with Crippen LogP contribution in [0, 0.1) is 10.1 Å². The number of hydrogen-bond donors (Lipinski definition) is 0. The molecule has 8 heteroatoms. The molecule has 0 atom stereocenters. The molecule has 0 bridgehead atoms. The molecular weight excluding hydrogens is 239 g/mol. The first kappa shape index (κ1) is 15.5. The third kappa shape index (κ3) is 6.64.